The number of nitro benzene ring substituents is 1. The normalized spacial score (nSPS) is 11.1. The van der Waals surface area contributed by atoms with Gasteiger partial charge in [-0.2, -0.15) is 0 Å². The van der Waals surface area contributed by atoms with Crippen LogP contribution >= 0.6 is 23.2 Å². The highest BCUT2D eigenvalue weighted by molar-refractivity contribution is 7.92. The second-order valence-electron chi connectivity index (χ2n) is 7.54. The highest BCUT2D eigenvalue weighted by Crippen LogP contribution is 2.36. The molecule has 1 N–H and O–H groups in total. The van der Waals surface area contributed by atoms with Crippen molar-refractivity contribution in [3.63, 3.8) is 0 Å². The maximum absolute atomic E-state index is 13.7. The van der Waals surface area contributed by atoms with Crippen molar-refractivity contribution in [3.8, 4) is 5.75 Å². The van der Waals surface area contributed by atoms with Crippen LogP contribution in [-0.4, -0.2) is 32.9 Å². The van der Waals surface area contributed by atoms with E-state index in [-0.39, 0.29) is 32.6 Å². The number of anilines is 2. The van der Waals surface area contributed by atoms with Gasteiger partial charge in [-0.3, -0.25) is 19.2 Å². The van der Waals surface area contributed by atoms with Crippen LogP contribution in [0.25, 0.3) is 0 Å². The molecule has 0 aromatic heterocycles. The molecular formula is C23H21Cl2N3O6S. The summed E-state index contributed by atoms with van der Waals surface area (Å²) < 4.78 is 33.5. The first kappa shape index (κ1) is 26.3. The maximum Gasteiger partial charge on any atom is 0.273 e. The molecule has 0 bridgehead atoms. The topological polar surface area (TPSA) is 119 Å². The second kappa shape index (κ2) is 10.5. The molecule has 0 spiro atoms. The van der Waals surface area contributed by atoms with E-state index in [4.69, 9.17) is 27.9 Å². The lowest BCUT2D eigenvalue weighted by molar-refractivity contribution is -0.385. The highest BCUT2D eigenvalue weighted by Gasteiger charge is 2.31. The van der Waals surface area contributed by atoms with Gasteiger partial charge in [-0.15, -0.1) is 0 Å². The van der Waals surface area contributed by atoms with E-state index in [1.165, 1.54) is 44.4 Å². The molecule has 0 unspecified atom stereocenters. The third kappa shape index (κ3) is 5.84. The highest BCUT2D eigenvalue weighted by atomic mass is 35.5. The van der Waals surface area contributed by atoms with E-state index in [0.717, 1.165) is 10.4 Å². The van der Waals surface area contributed by atoms with E-state index in [0.29, 0.717) is 16.3 Å². The van der Waals surface area contributed by atoms with Gasteiger partial charge in [-0.1, -0.05) is 29.3 Å². The zero-order valence-electron chi connectivity index (χ0n) is 18.9. The van der Waals surface area contributed by atoms with E-state index in [9.17, 15) is 23.3 Å². The number of hydrogen-bond acceptors (Lipinski definition) is 6. The summed E-state index contributed by atoms with van der Waals surface area (Å²) in [6.07, 6.45) is 0. The molecule has 0 aliphatic carbocycles. The lowest BCUT2D eigenvalue weighted by atomic mass is 10.2. The maximum atomic E-state index is 13.7. The molecular weight excluding hydrogens is 517 g/mol. The quantitative estimate of drug-likeness (QED) is 0.305. The van der Waals surface area contributed by atoms with Crippen molar-refractivity contribution in [1.82, 2.24) is 0 Å². The van der Waals surface area contributed by atoms with Gasteiger partial charge in [-0.25, -0.2) is 8.42 Å². The number of nitrogens with one attached hydrogen (secondary N) is 1. The van der Waals surface area contributed by atoms with E-state index >= 15 is 0 Å². The molecule has 184 valence electrons. The van der Waals surface area contributed by atoms with Crippen LogP contribution in [0.1, 0.15) is 11.1 Å². The third-order valence-corrected chi connectivity index (χ3v) is 7.35. The van der Waals surface area contributed by atoms with Crippen molar-refractivity contribution >= 4 is 56.2 Å². The van der Waals surface area contributed by atoms with Gasteiger partial charge in [0, 0.05) is 27.4 Å². The summed E-state index contributed by atoms with van der Waals surface area (Å²) in [4.78, 5) is 23.4. The number of halogens is 2. The Labute approximate surface area is 212 Å². The smallest absolute Gasteiger partial charge is 0.273 e. The Bertz CT molecular complexity index is 1410. The number of nitrogens with zero attached hydrogens (tertiary/aromatic N) is 2. The second-order valence-corrected chi connectivity index (χ2v) is 10.3. The van der Waals surface area contributed by atoms with Crippen molar-refractivity contribution < 1.29 is 22.9 Å². The number of amides is 1. The molecule has 12 heteroatoms. The van der Waals surface area contributed by atoms with E-state index in [2.05, 4.69) is 5.32 Å². The van der Waals surface area contributed by atoms with Crippen molar-refractivity contribution in [1.29, 1.82) is 0 Å². The first-order valence-electron chi connectivity index (χ1n) is 10.1. The van der Waals surface area contributed by atoms with Crippen LogP contribution in [0.3, 0.4) is 0 Å². The number of nitro groups is 1. The number of hydrogen-bond donors (Lipinski definition) is 1. The van der Waals surface area contributed by atoms with E-state index < -0.39 is 27.4 Å². The summed E-state index contributed by atoms with van der Waals surface area (Å²) in [5.41, 5.74) is 1.03. The van der Waals surface area contributed by atoms with Crippen LogP contribution in [0.15, 0.2) is 59.5 Å². The molecule has 0 heterocycles. The number of benzene rings is 3. The molecule has 0 atom stereocenters. The number of ether oxygens (including phenoxy) is 1. The summed E-state index contributed by atoms with van der Waals surface area (Å²) in [5.74, 6) is -0.530. The van der Waals surface area contributed by atoms with Gasteiger partial charge in [0.25, 0.3) is 15.7 Å². The van der Waals surface area contributed by atoms with Gasteiger partial charge in [0.1, 0.15) is 12.3 Å². The fourth-order valence-corrected chi connectivity index (χ4v) is 5.16. The average molecular weight is 538 g/mol. The minimum absolute atomic E-state index is 0.00814. The molecule has 9 nitrogen and oxygen atoms in total. The summed E-state index contributed by atoms with van der Waals surface area (Å²) in [6.45, 7) is 2.57. The Morgan fingerprint density at radius 3 is 2.31 bits per heavy atom. The predicted octanol–water partition coefficient (Wildman–Crippen LogP) is 5.36. The minimum atomic E-state index is -4.47. The number of rotatable bonds is 8. The summed E-state index contributed by atoms with van der Waals surface area (Å²) in [7, 11) is -3.13. The van der Waals surface area contributed by atoms with Crippen molar-refractivity contribution in [2.45, 2.75) is 18.7 Å². The summed E-state index contributed by atoms with van der Waals surface area (Å²) in [6, 6.07) is 12.6. The molecule has 3 aromatic carbocycles. The molecule has 0 fully saturated rings. The molecule has 3 aromatic rings. The van der Waals surface area contributed by atoms with E-state index in [1.54, 1.807) is 25.1 Å². The van der Waals surface area contributed by atoms with Crippen molar-refractivity contribution in [2.24, 2.45) is 0 Å². The Morgan fingerprint density at radius 1 is 1.03 bits per heavy atom. The van der Waals surface area contributed by atoms with Crippen LogP contribution in [0, 0.1) is 24.0 Å². The molecule has 0 saturated heterocycles. The zero-order chi connectivity index (χ0) is 25.9. The van der Waals surface area contributed by atoms with Gasteiger partial charge in [0.2, 0.25) is 5.91 Å². The monoisotopic (exact) mass is 537 g/mol. The Hall–Kier alpha value is -3.34. The number of carbonyl (C=O) groups excluding carboxylic acids is 1. The van der Waals surface area contributed by atoms with Crippen LogP contribution in [-0.2, 0) is 14.8 Å². The SMILES string of the molecule is COc1ccc(Cl)cc1N(CC(=O)Nc1ccc(Cl)cc1C)S(=O)(=O)c1ccc(C)c([N+](=O)[O-])c1. The lowest BCUT2D eigenvalue weighted by Crippen LogP contribution is -2.38. The number of aryl methyl sites for hydroxylation is 2. The standard InChI is InChI=1S/C23H21Cl2N3O6S/c1-14-4-7-18(12-20(14)28(30)31)35(32,33)27(21-11-17(25)6-9-22(21)34-3)13-23(29)26-19-8-5-16(24)10-15(19)2/h4-12H,13H2,1-3H3,(H,26,29). The molecule has 3 rings (SSSR count). The number of methoxy groups -OCH3 is 1. The Kier molecular flexibility index (Phi) is 7.89. The first-order valence-corrected chi connectivity index (χ1v) is 12.3. The zero-order valence-corrected chi connectivity index (χ0v) is 21.2. The first-order chi connectivity index (χ1) is 16.4. The lowest BCUT2D eigenvalue weighted by Gasteiger charge is -2.26. The van der Waals surface area contributed by atoms with Gasteiger partial charge in [-0.05, 0) is 61.9 Å². The van der Waals surface area contributed by atoms with Gasteiger partial charge in [0.05, 0.1) is 22.6 Å². The summed E-state index contributed by atoms with van der Waals surface area (Å²) >= 11 is 12.1. The van der Waals surface area contributed by atoms with Crippen molar-refractivity contribution in [2.75, 3.05) is 23.3 Å². The predicted molar refractivity (Wildman–Crippen MR) is 135 cm³/mol. The molecule has 35 heavy (non-hydrogen) atoms. The molecule has 0 saturated carbocycles. The van der Waals surface area contributed by atoms with Gasteiger partial charge < -0.3 is 10.1 Å². The van der Waals surface area contributed by atoms with E-state index in [1.807, 2.05) is 0 Å². The fourth-order valence-electron chi connectivity index (χ4n) is 3.32. The molecule has 0 radical (unpaired) electrons. The van der Waals surface area contributed by atoms with Crippen molar-refractivity contribution in [3.05, 3.63) is 85.9 Å². The minimum Gasteiger partial charge on any atom is -0.495 e. The molecule has 0 aliphatic heterocycles. The Morgan fingerprint density at radius 2 is 1.69 bits per heavy atom. The van der Waals surface area contributed by atoms with Crippen LogP contribution in [0.5, 0.6) is 5.75 Å². The van der Waals surface area contributed by atoms with Crippen LogP contribution < -0.4 is 14.4 Å². The third-order valence-electron chi connectivity index (χ3n) is 5.12. The van der Waals surface area contributed by atoms with Gasteiger partial charge >= 0.3 is 0 Å². The Balaban J connectivity index is 2.10. The molecule has 1 amide bonds. The van der Waals surface area contributed by atoms with Gasteiger partial charge in [0.15, 0.2) is 0 Å². The summed E-state index contributed by atoms with van der Waals surface area (Å²) in [5, 5.41) is 14.8. The largest absolute Gasteiger partial charge is 0.495 e. The number of sulfonamides is 1. The molecule has 0 aliphatic rings. The van der Waals surface area contributed by atoms with Crippen LogP contribution in [0.4, 0.5) is 17.1 Å². The fraction of sp³-hybridized carbons (Fsp3) is 0.174. The number of carbonyl (C=O) groups is 1. The average Bonchev–Trinajstić information content (AvgIpc) is 2.79. The van der Waals surface area contributed by atoms with Crippen LogP contribution in [0.2, 0.25) is 10.0 Å².